The van der Waals surface area contributed by atoms with Crippen LogP contribution in [0.15, 0.2) is 0 Å². The van der Waals surface area contributed by atoms with Crippen molar-refractivity contribution < 1.29 is 18.9 Å². The van der Waals surface area contributed by atoms with E-state index in [0.29, 0.717) is 18.1 Å². The number of hydrogen-bond acceptors (Lipinski definition) is 4. The van der Waals surface area contributed by atoms with Gasteiger partial charge in [0.2, 0.25) is 5.91 Å². The molecule has 158 valence electrons. The van der Waals surface area contributed by atoms with Crippen molar-refractivity contribution in [1.82, 2.24) is 10.6 Å². The molecule has 6 nitrogen and oxygen atoms in total. The molecule has 4 atom stereocenters. The maximum Gasteiger partial charge on any atom is 0.408 e. The number of rotatable bonds is 7. The molecule has 0 saturated heterocycles. The summed E-state index contributed by atoms with van der Waals surface area (Å²) >= 11 is -1.03. The van der Waals surface area contributed by atoms with E-state index in [1.165, 1.54) is 6.42 Å². The van der Waals surface area contributed by atoms with Crippen molar-refractivity contribution in [1.29, 1.82) is 0 Å². The lowest BCUT2D eigenvalue weighted by Crippen LogP contribution is -2.52. The van der Waals surface area contributed by atoms with E-state index < -0.39 is 28.9 Å². The molecule has 1 aliphatic rings. The highest BCUT2D eigenvalue weighted by Crippen LogP contribution is 2.41. The Balaban J connectivity index is 2.73. The summed E-state index contributed by atoms with van der Waals surface area (Å²) in [5, 5.41) is 5.77. The summed E-state index contributed by atoms with van der Waals surface area (Å²) in [7, 11) is 0. The smallest absolute Gasteiger partial charge is 0.408 e. The van der Waals surface area contributed by atoms with Crippen LogP contribution in [0.25, 0.3) is 0 Å². The fraction of sp³-hybridized carbons (Fsp3) is 0.900. The summed E-state index contributed by atoms with van der Waals surface area (Å²) in [5.74, 6) is 0.683. The van der Waals surface area contributed by atoms with Crippen LogP contribution in [0.2, 0.25) is 0 Å². The molecule has 1 aliphatic carbocycles. The van der Waals surface area contributed by atoms with Crippen LogP contribution in [-0.4, -0.2) is 46.2 Å². The number of hydrogen-bond donors (Lipinski definition) is 2. The van der Waals surface area contributed by atoms with Crippen molar-refractivity contribution in [3.05, 3.63) is 0 Å². The van der Waals surface area contributed by atoms with Gasteiger partial charge in [0.05, 0.1) is 6.26 Å². The molecular weight excluding hydrogens is 364 g/mol. The Labute approximate surface area is 167 Å². The Hall–Kier alpha value is -0.950. The zero-order valence-corrected chi connectivity index (χ0v) is 18.8. The van der Waals surface area contributed by atoms with Crippen molar-refractivity contribution >= 4 is 23.2 Å². The summed E-state index contributed by atoms with van der Waals surface area (Å²) in [6, 6.07) is -0.635. The summed E-state index contributed by atoms with van der Waals surface area (Å²) < 4.78 is 16.7. The summed E-state index contributed by atoms with van der Waals surface area (Å²) in [4.78, 5) is 24.9. The van der Waals surface area contributed by atoms with Gasteiger partial charge in [-0.05, 0) is 51.4 Å². The third-order valence-electron chi connectivity index (χ3n) is 5.45. The van der Waals surface area contributed by atoms with E-state index in [9.17, 15) is 14.1 Å². The Kier molecular flexibility index (Phi) is 8.93. The lowest BCUT2D eigenvalue weighted by atomic mass is 9.67. The molecule has 1 saturated carbocycles. The maximum atomic E-state index is 12.8. The highest BCUT2D eigenvalue weighted by molar-refractivity contribution is 7.90. The van der Waals surface area contributed by atoms with Crippen LogP contribution in [0.5, 0.6) is 0 Å². The Bertz CT molecular complexity index is 505. The third-order valence-corrected chi connectivity index (χ3v) is 6.27. The zero-order valence-electron chi connectivity index (χ0n) is 18.0. The SMILES string of the molecule is CC(C)C1(C)CCC[C@H](NC(=O)[C@H](CC[S+](C)[O-])NC(=O)OC(C)(C)C)C1. The molecule has 0 aromatic rings. The average molecular weight is 403 g/mol. The molecule has 0 radical (unpaired) electrons. The first-order chi connectivity index (χ1) is 12.3. The lowest BCUT2D eigenvalue weighted by molar-refractivity contribution is -0.124. The molecule has 1 fully saturated rings. The van der Waals surface area contributed by atoms with Gasteiger partial charge < -0.3 is 19.9 Å². The van der Waals surface area contributed by atoms with Crippen LogP contribution in [0.1, 0.15) is 73.6 Å². The first kappa shape index (κ1) is 24.1. The highest BCUT2D eigenvalue weighted by Gasteiger charge is 2.36. The van der Waals surface area contributed by atoms with Gasteiger partial charge in [-0.1, -0.05) is 38.4 Å². The predicted octanol–water partition coefficient (Wildman–Crippen LogP) is 3.37. The van der Waals surface area contributed by atoms with Gasteiger partial charge in [0.25, 0.3) is 0 Å². The maximum absolute atomic E-state index is 12.8. The van der Waals surface area contributed by atoms with Gasteiger partial charge in [-0.2, -0.15) is 0 Å². The summed E-state index contributed by atoms with van der Waals surface area (Å²) in [6.45, 7) is 12.1. The van der Waals surface area contributed by atoms with Crippen molar-refractivity contribution in [2.75, 3.05) is 12.0 Å². The third kappa shape index (κ3) is 8.73. The molecule has 7 heteroatoms. The first-order valence-corrected chi connectivity index (χ1v) is 11.6. The molecule has 27 heavy (non-hydrogen) atoms. The molecule has 0 aromatic heterocycles. The van der Waals surface area contributed by atoms with Gasteiger partial charge in [0.1, 0.15) is 17.4 Å². The van der Waals surface area contributed by atoms with Crippen molar-refractivity contribution in [2.24, 2.45) is 11.3 Å². The topological polar surface area (TPSA) is 90.5 Å². The van der Waals surface area contributed by atoms with Crippen molar-refractivity contribution in [2.45, 2.75) is 91.3 Å². The standard InChI is InChI=1S/C20H38N2O4S/c1-14(2)20(6)11-8-9-15(13-20)21-17(23)16(10-12-27(7)25)22-18(24)26-19(3,4)5/h14-16H,8-13H2,1-7H3,(H,21,23)(H,22,24)/t15-,16-,20?,27?/m0/s1. The monoisotopic (exact) mass is 402 g/mol. The number of amides is 2. The van der Waals surface area contributed by atoms with Crippen LogP contribution < -0.4 is 10.6 Å². The van der Waals surface area contributed by atoms with Gasteiger partial charge in [0.15, 0.2) is 0 Å². The molecule has 0 spiro atoms. The van der Waals surface area contributed by atoms with Crippen molar-refractivity contribution in [3.8, 4) is 0 Å². The van der Waals surface area contributed by atoms with Crippen LogP contribution in [0, 0.1) is 11.3 Å². The quantitative estimate of drug-likeness (QED) is 0.639. The van der Waals surface area contributed by atoms with E-state index in [4.69, 9.17) is 4.74 Å². The Morgan fingerprint density at radius 3 is 2.48 bits per heavy atom. The van der Waals surface area contributed by atoms with E-state index in [1.807, 2.05) is 0 Å². The Morgan fingerprint density at radius 1 is 1.33 bits per heavy atom. The summed E-state index contributed by atoms with van der Waals surface area (Å²) in [6.07, 6.45) is 5.44. The molecule has 2 amide bonds. The minimum atomic E-state index is -1.03. The molecule has 1 rings (SSSR count). The number of nitrogens with one attached hydrogen (secondary N) is 2. The second-order valence-corrected chi connectivity index (χ2v) is 10.9. The van der Waals surface area contributed by atoms with E-state index >= 15 is 0 Å². The van der Waals surface area contributed by atoms with Crippen LogP contribution in [0.4, 0.5) is 4.79 Å². The minimum Gasteiger partial charge on any atom is -0.617 e. The van der Waals surface area contributed by atoms with Gasteiger partial charge in [-0.25, -0.2) is 4.79 Å². The predicted molar refractivity (Wildman–Crippen MR) is 110 cm³/mol. The van der Waals surface area contributed by atoms with E-state index in [0.717, 1.165) is 19.3 Å². The molecule has 0 aliphatic heterocycles. The Morgan fingerprint density at radius 2 is 1.96 bits per heavy atom. The second kappa shape index (κ2) is 10.0. The first-order valence-electron chi connectivity index (χ1n) is 9.92. The van der Waals surface area contributed by atoms with Crippen LogP contribution in [0.3, 0.4) is 0 Å². The molecule has 2 unspecified atom stereocenters. The van der Waals surface area contributed by atoms with Crippen LogP contribution >= 0.6 is 0 Å². The van der Waals surface area contributed by atoms with Gasteiger partial charge in [-0.3, -0.25) is 4.79 Å². The van der Waals surface area contributed by atoms with Gasteiger partial charge in [-0.15, -0.1) is 0 Å². The van der Waals surface area contributed by atoms with E-state index in [1.54, 1.807) is 27.0 Å². The highest BCUT2D eigenvalue weighted by atomic mass is 32.2. The van der Waals surface area contributed by atoms with Crippen LogP contribution in [-0.2, 0) is 20.7 Å². The molecule has 0 heterocycles. The number of ether oxygens (including phenoxy) is 1. The number of alkyl carbamates (subject to hydrolysis) is 1. The molecule has 2 N–H and O–H groups in total. The lowest BCUT2D eigenvalue weighted by Gasteiger charge is -2.42. The van der Waals surface area contributed by atoms with Gasteiger partial charge >= 0.3 is 6.09 Å². The number of carbonyl (C=O) groups is 2. The average Bonchev–Trinajstić information content (AvgIpc) is 2.49. The minimum absolute atomic E-state index is 0.105. The van der Waals surface area contributed by atoms with E-state index in [2.05, 4.69) is 31.4 Å². The fourth-order valence-electron chi connectivity index (χ4n) is 3.47. The summed E-state index contributed by atoms with van der Waals surface area (Å²) in [5.41, 5.74) is -0.420. The normalized spacial score (nSPS) is 25.6. The molecule has 0 aromatic carbocycles. The van der Waals surface area contributed by atoms with Crippen molar-refractivity contribution in [3.63, 3.8) is 0 Å². The fourth-order valence-corrected chi connectivity index (χ4v) is 4.04. The molecular formula is C20H38N2O4S. The number of carbonyl (C=O) groups excluding carboxylic acids is 2. The van der Waals surface area contributed by atoms with E-state index in [-0.39, 0.29) is 17.4 Å². The molecule has 0 bridgehead atoms. The largest absolute Gasteiger partial charge is 0.617 e. The van der Waals surface area contributed by atoms with Gasteiger partial charge in [0, 0.05) is 12.5 Å². The zero-order chi connectivity index (χ0) is 20.8. The second-order valence-electron chi connectivity index (χ2n) is 9.38.